The maximum atomic E-state index is 12.1. The molecule has 2 fully saturated rings. The highest BCUT2D eigenvalue weighted by Gasteiger charge is 2.33. The van der Waals surface area contributed by atoms with Gasteiger partial charge in [-0.3, -0.25) is 4.90 Å². The van der Waals surface area contributed by atoms with Crippen molar-refractivity contribution >= 4 is 6.03 Å². The van der Waals surface area contributed by atoms with Gasteiger partial charge in [-0.15, -0.1) is 0 Å². The third-order valence-electron chi connectivity index (χ3n) is 5.22. The maximum absolute atomic E-state index is 12.1. The Hall–Kier alpha value is -2.34. The van der Waals surface area contributed by atoms with Gasteiger partial charge in [-0.05, 0) is 12.8 Å². The molecule has 2 saturated heterocycles. The molecule has 0 N–H and O–H groups in total. The maximum Gasteiger partial charge on any atom is 0.320 e. The average molecular weight is 340 g/mol. The number of likely N-dealkylation sites (tertiary alicyclic amines) is 1. The Morgan fingerprint density at radius 2 is 1.88 bits per heavy atom. The van der Waals surface area contributed by atoms with E-state index >= 15 is 0 Å². The standard InChI is InChI=1S/C19H24N4O2/c1-21-11-12-23(19(21)24)16-7-9-22(10-8-16)14-18-20-13-17(25-18)15-5-3-2-4-6-15/h2-6,13,16H,7-12,14H2,1H3. The van der Waals surface area contributed by atoms with Gasteiger partial charge in [0.25, 0.3) is 0 Å². The first-order valence-corrected chi connectivity index (χ1v) is 8.95. The van der Waals surface area contributed by atoms with Crippen LogP contribution in [0.3, 0.4) is 0 Å². The van der Waals surface area contributed by atoms with Gasteiger partial charge in [0.1, 0.15) is 0 Å². The smallest absolute Gasteiger partial charge is 0.320 e. The molecular weight excluding hydrogens is 316 g/mol. The zero-order valence-corrected chi connectivity index (χ0v) is 14.6. The van der Waals surface area contributed by atoms with Crippen LogP contribution in [0.25, 0.3) is 11.3 Å². The number of oxazole rings is 1. The molecule has 6 nitrogen and oxygen atoms in total. The number of benzene rings is 1. The molecule has 1 aromatic heterocycles. The third-order valence-corrected chi connectivity index (χ3v) is 5.22. The number of carbonyl (C=O) groups excluding carboxylic acids is 1. The lowest BCUT2D eigenvalue weighted by Gasteiger charge is -2.35. The fourth-order valence-electron chi connectivity index (χ4n) is 3.71. The lowest BCUT2D eigenvalue weighted by atomic mass is 10.0. The van der Waals surface area contributed by atoms with Crippen LogP contribution in [0.4, 0.5) is 4.79 Å². The molecule has 0 bridgehead atoms. The van der Waals surface area contributed by atoms with E-state index < -0.39 is 0 Å². The van der Waals surface area contributed by atoms with Gasteiger partial charge in [0, 0.05) is 44.8 Å². The molecule has 2 aromatic rings. The number of piperidine rings is 1. The van der Waals surface area contributed by atoms with Crippen LogP contribution >= 0.6 is 0 Å². The van der Waals surface area contributed by atoms with E-state index in [1.807, 2.05) is 47.2 Å². The molecule has 1 aromatic carbocycles. The number of rotatable bonds is 4. The third kappa shape index (κ3) is 3.39. The van der Waals surface area contributed by atoms with Gasteiger partial charge in [-0.25, -0.2) is 9.78 Å². The molecule has 2 aliphatic heterocycles. The molecule has 2 amide bonds. The van der Waals surface area contributed by atoms with E-state index in [9.17, 15) is 4.79 Å². The quantitative estimate of drug-likeness (QED) is 0.859. The highest BCUT2D eigenvalue weighted by molar-refractivity contribution is 5.76. The van der Waals surface area contributed by atoms with Gasteiger partial charge in [0.2, 0.25) is 5.89 Å². The zero-order valence-electron chi connectivity index (χ0n) is 14.6. The summed E-state index contributed by atoms with van der Waals surface area (Å²) < 4.78 is 5.91. The van der Waals surface area contributed by atoms with Crippen molar-refractivity contribution < 1.29 is 9.21 Å². The molecule has 2 aliphatic rings. The van der Waals surface area contributed by atoms with Gasteiger partial charge < -0.3 is 14.2 Å². The number of hydrogen-bond donors (Lipinski definition) is 0. The van der Waals surface area contributed by atoms with Crippen molar-refractivity contribution in [3.8, 4) is 11.3 Å². The molecule has 4 rings (SSSR count). The number of aromatic nitrogens is 1. The summed E-state index contributed by atoms with van der Waals surface area (Å²) in [4.78, 5) is 22.8. The van der Waals surface area contributed by atoms with E-state index in [1.165, 1.54) is 0 Å². The first-order valence-electron chi connectivity index (χ1n) is 8.95. The lowest BCUT2D eigenvalue weighted by Crippen LogP contribution is -2.46. The summed E-state index contributed by atoms with van der Waals surface area (Å²) in [6, 6.07) is 10.6. The van der Waals surface area contributed by atoms with Crippen LogP contribution in [0.5, 0.6) is 0 Å². The number of amides is 2. The van der Waals surface area contributed by atoms with Crippen LogP contribution in [0.1, 0.15) is 18.7 Å². The highest BCUT2D eigenvalue weighted by Crippen LogP contribution is 2.24. The topological polar surface area (TPSA) is 52.8 Å². The van der Waals surface area contributed by atoms with E-state index in [0.717, 1.165) is 62.8 Å². The van der Waals surface area contributed by atoms with Crippen LogP contribution in [0, 0.1) is 0 Å². The zero-order chi connectivity index (χ0) is 17.2. The summed E-state index contributed by atoms with van der Waals surface area (Å²) in [5, 5.41) is 0. The molecular formula is C19H24N4O2. The summed E-state index contributed by atoms with van der Waals surface area (Å²) in [7, 11) is 1.88. The number of carbonyl (C=O) groups is 1. The van der Waals surface area contributed by atoms with Crippen LogP contribution in [-0.2, 0) is 6.54 Å². The second-order valence-electron chi connectivity index (χ2n) is 6.89. The van der Waals surface area contributed by atoms with Gasteiger partial charge >= 0.3 is 6.03 Å². The van der Waals surface area contributed by atoms with E-state index in [4.69, 9.17) is 4.42 Å². The Kier molecular flexibility index (Phi) is 4.44. The molecule has 0 atom stereocenters. The predicted molar refractivity (Wildman–Crippen MR) is 95.0 cm³/mol. The second-order valence-corrected chi connectivity index (χ2v) is 6.89. The monoisotopic (exact) mass is 340 g/mol. The predicted octanol–water partition coefficient (Wildman–Crippen LogP) is 2.67. The molecule has 0 radical (unpaired) electrons. The normalized spacial score (nSPS) is 19.8. The molecule has 0 unspecified atom stereocenters. The van der Waals surface area contributed by atoms with Gasteiger partial charge in [-0.1, -0.05) is 30.3 Å². The molecule has 0 spiro atoms. The van der Waals surface area contributed by atoms with Crippen molar-refractivity contribution in [1.82, 2.24) is 19.7 Å². The average Bonchev–Trinajstić information content (AvgIpc) is 3.24. The van der Waals surface area contributed by atoms with E-state index in [0.29, 0.717) is 6.04 Å². The van der Waals surface area contributed by atoms with Crippen LogP contribution in [-0.4, -0.2) is 65.0 Å². The second kappa shape index (κ2) is 6.88. The first-order chi connectivity index (χ1) is 12.2. The van der Waals surface area contributed by atoms with Gasteiger partial charge in [0.05, 0.1) is 12.7 Å². The fourth-order valence-corrected chi connectivity index (χ4v) is 3.71. The minimum absolute atomic E-state index is 0.179. The molecule has 6 heteroatoms. The summed E-state index contributed by atoms with van der Waals surface area (Å²) >= 11 is 0. The van der Waals surface area contributed by atoms with Crippen molar-refractivity contribution in [3.05, 3.63) is 42.4 Å². The molecule has 25 heavy (non-hydrogen) atoms. The number of likely N-dealkylation sites (N-methyl/N-ethyl adjacent to an activating group) is 1. The van der Waals surface area contributed by atoms with E-state index in [-0.39, 0.29) is 6.03 Å². The van der Waals surface area contributed by atoms with Gasteiger partial charge in [0.15, 0.2) is 5.76 Å². The Labute approximate surface area is 148 Å². The first kappa shape index (κ1) is 16.1. The SMILES string of the molecule is CN1CCN(C2CCN(Cc3ncc(-c4ccccc4)o3)CC2)C1=O. The Morgan fingerprint density at radius 1 is 1.12 bits per heavy atom. The molecule has 3 heterocycles. The Morgan fingerprint density at radius 3 is 2.56 bits per heavy atom. The van der Waals surface area contributed by atoms with Crippen LogP contribution < -0.4 is 0 Å². The lowest BCUT2D eigenvalue weighted by molar-refractivity contribution is 0.122. The fraction of sp³-hybridized carbons (Fsp3) is 0.474. The van der Waals surface area contributed by atoms with Crippen molar-refractivity contribution in [3.63, 3.8) is 0 Å². The largest absolute Gasteiger partial charge is 0.439 e. The van der Waals surface area contributed by atoms with Crippen molar-refractivity contribution in [2.75, 3.05) is 33.2 Å². The van der Waals surface area contributed by atoms with Crippen LogP contribution in [0.15, 0.2) is 40.9 Å². The minimum atomic E-state index is 0.179. The molecule has 132 valence electrons. The van der Waals surface area contributed by atoms with Crippen LogP contribution in [0.2, 0.25) is 0 Å². The minimum Gasteiger partial charge on any atom is -0.439 e. The number of urea groups is 1. The summed E-state index contributed by atoms with van der Waals surface area (Å²) in [6.07, 6.45) is 3.84. The summed E-state index contributed by atoms with van der Waals surface area (Å²) in [5.74, 6) is 1.57. The molecule has 0 aliphatic carbocycles. The van der Waals surface area contributed by atoms with E-state index in [2.05, 4.69) is 9.88 Å². The Balaban J connectivity index is 1.32. The summed E-state index contributed by atoms with van der Waals surface area (Å²) in [5.41, 5.74) is 1.05. The number of nitrogens with zero attached hydrogens (tertiary/aromatic N) is 4. The summed E-state index contributed by atoms with van der Waals surface area (Å²) in [6.45, 7) is 4.38. The van der Waals surface area contributed by atoms with Crippen molar-refractivity contribution in [2.45, 2.75) is 25.4 Å². The Bertz CT molecular complexity index is 722. The number of hydrogen-bond acceptors (Lipinski definition) is 4. The van der Waals surface area contributed by atoms with Crippen molar-refractivity contribution in [2.24, 2.45) is 0 Å². The van der Waals surface area contributed by atoms with Crippen molar-refractivity contribution in [1.29, 1.82) is 0 Å². The van der Waals surface area contributed by atoms with Gasteiger partial charge in [-0.2, -0.15) is 0 Å². The highest BCUT2D eigenvalue weighted by atomic mass is 16.4. The van der Waals surface area contributed by atoms with E-state index in [1.54, 1.807) is 6.20 Å². The molecule has 0 saturated carbocycles.